The third kappa shape index (κ3) is 9.84. The molecule has 7 nitrogen and oxygen atoms in total. The van der Waals surface area contributed by atoms with E-state index < -0.39 is 29.3 Å². The Morgan fingerprint density at radius 2 is 1.45 bits per heavy atom. The van der Waals surface area contributed by atoms with Crippen molar-refractivity contribution in [1.29, 1.82) is 0 Å². The largest absolute Gasteiger partial charge is 0.444 e. The Hall–Kier alpha value is -3.35. The Morgan fingerprint density at radius 1 is 0.868 bits per heavy atom. The number of alkyl carbamates (subject to hydrolysis) is 1. The first-order chi connectivity index (χ1) is 17.8. The first-order valence-corrected chi connectivity index (χ1v) is 13.5. The summed E-state index contributed by atoms with van der Waals surface area (Å²) in [5.74, 6) is -0.601. The van der Waals surface area contributed by atoms with E-state index in [4.69, 9.17) is 4.74 Å². The van der Waals surface area contributed by atoms with Crippen LogP contribution in [0.15, 0.2) is 60.7 Å². The first-order valence-electron chi connectivity index (χ1n) is 13.5. The van der Waals surface area contributed by atoms with Crippen molar-refractivity contribution in [1.82, 2.24) is 15.5 Å². The van der Waals surface area contributed by atoms with E-state index in [2.05, 4.69) is 17.6 Å². The summed E-state index contributed by atoms with van der Waals surface area (Å²) in [6.45, 7) is 13.7. The average Bonchev–Trinajstić information content (AvgIpc) is 2.83. The van der Waals surface area contributed by atoms with Gasteiger partial charge in [0.2, 0.25) is 11.8 Å². The fourth-order valence-electron chi connectivity index (χ4n) is 4.25. The van der Waals surface area contributed by atoms with E-state index in [-0.39, 0.29) is 18.2 Å². The molecule has 208 valence electrons. The molecular formula is C31H45N3O4. The number of nitrogens with one attached hydrogen (secondary N) is 2. The molecule has 0 aliphatic carbocycles. The third-order valence-corrected chi connectivity index (χ3v) is 5.93. The monoisotopic (exact) mass is 523 g/mol. The maximum absolute atomic E-state index is 14.4. The molecule has 2 rings (SSSR count). The zero-order valence-corrected chi connectivity index (χ0v) is 24.0. The number of unbranched alkanes of at least 4 members (excludes halogenated alkanes) is 2. The zero-order chi connectivity index (χ0) is 28.3. The van der Waals surface area contributed by atoms with Gasteiger partial charge < -0.3 is 20.3 Å². The van der Waals surface area contributed by atoms with Crippen LogP contribution >= 0.6 is 0 Å². The lowest BCUT2D eigenvalue weighted by atomic mass is 9.94. The number of carbonyl (C=O) groups excluding carboxylic acids is 3. The molecule has 0 saturated carbocycles. The van der Waals surface area contributed by atoms with Crippen molar-refractivity contribution in [2.45, 2.75) is 97.4 Å². The zero-order valence-electron chi connectivity index (χ0n) is 24.0. The van der Waals surface area contributed by atoms with Crippen molar-refractivity contribution in [2.24, 2.45) is 0 Å². The van der Waals surface area contributed by atoms with Gasteiger partial charge in [-0.2, -0.15) is 0 Å². The maximum atomic E-state index is 14.4. The Labute approximate surface area is 228 Å². The lowest BCUT2D eigenvalue weighted by Gasteiger charge is -2.43. The van der Waals surface area contributed by atoms with E-state index in [0.717, 1.165) is 24.8 Å². The molecule has 2 unspecified atom stereocenters. The Bertz CT molecular complexity index is 1030. The average molecular weight is 524 g/mol. The molecule has 0 aliphatic rings. The van der Waals surface area contributed by atoms with Crippen LogP contribution in [0.2, 0.25) is 0 Å². The lowest BCUT2D eigenvalue weighted by molar-refractivity contribution is -0.148. The van der Waals surface area contributed by atoms with Crippen molar-refractivity contribution < 1.29 is 19.1 Å². The fourth-order valence-corrected chi connectivity index (χ4v) is 4.25. The van der Waals surface area contributed by atoms with Gasteiger partial charge in [-0.25, -0.2) is 4.79 Å². The number of rotatable bonds is 11. The summed E-state index contributed by atoms with van der Waals surface area (Å²) in [6.07, 6.45) is 2.50. The van der Waals surface area contributed by atoms with Crippen molar-refractivity contribution >= 4 is 17.9 Å². The highest BCUT2D eigenvalue weighted by atomic mass is 16.6. The molecule has 0 radical (unpaired) electrons. The van der Waals surface area contributed by atoms with Crippen LogP contribution in [0.1, 0.15) is 84.9 Å². The van der Waals surface area contributed by atoms with Crippen LogP contribution in [0.25, 0.3) is 0 Å². The summed E-state index contributed by atoms with van der Waals surface area (Å²) < 4.78 is 5.49. The van der Waals surface area contributed by atoms with Crippen molar-refractivity contribution in [2.75, 3.05) is 6.54 Å². The highest BCUT2D eigenvalue weighted by Crippen LogP contribution is 2.30. The molecule has 3 amide bonds. The second-order valence-corrected chi connectivity index (χ2v) is 11.6. The molecule has 0 fully saturated rings. The summed E-state index contributed by atoms with van der Waals surface area (Å²) in [5.41, 5.74) is 0.137. The van der Waals surface area contributed by atoms with Crippen molar-refractivity contribution in [3.05, 3.63) is 71.8 Å². The lowest BCUT2D eigenvalue weighted by Crippen LogP contribution is -2.59. The van der Waals surface area contributed by atoms with Gasteiger partial charge in [-0.15, -0.1) is 0 Å². The van der Waals surface area contributed by atoms with Crippen molar-refractivity contribution in [3.63, 3.8) is 0 Å². The predicted octanol–water partition coefficient (Wildman–Crippen LogP) is 5.80. The van der Waals surface area contributed by atoms with E-state index in [0.29, 0.717) is 12.1 Å². The minimum Gasteiger partial charge on any atom is -0.444 e. The molecule has 0 heterocycles. The normalized spacial score (nSPS) is 13.2. The third-order valence-electron chi connectivity index (χ3n) is 5.93. The molecule has 2 atom stereocenters. The van der Waals surface area contributed by atoms with Gasteiger partial charge in [-0.05, 0) is 59.1 Å². The van der Waals surface area contributed by atoms with Crippen LogP contribution in [-0.2, 0) is 20.7 Å². The number of nitrogens with zero attached hydrogens (tertiary/aromatic N) is 1. The van der Waals surface area contributed by atoms with Crippen LogP contribution in [0.5, 0.6) is 0 Å². The quantitative estimate of drug-likeness (QED) is 0.365. The molecule has 0 aromatic heterocycles. The fraction of sp³-hybridized carbons (Fsp3) is 0.516. The maximum Gasteiger partial charge on any atom is 0.408 e. The Balaban J connectivity index is 2.50. The molecule has 38 heavy (non-hydrogen) atoms. The minimum absolute atomic E-state index is 0.244. The molecule has 2 aromatic carbocycles. The minimum atomic E-state index is -0.939. The van der Waals surface area contributed by atoms with Crippen LogP contribution in [0.4, 0.5) is 4.79 Å². The molecular weight excluding hydrogens is 478 g/mol. The predicted molar refractivity (Wildman–Crippen MR) is 152 cm³/mol. The molecule has 0 saturated heterocycles. The SMILES string of the molecule is CCCCCNC(=O)C(c1ccccc1)N(C(=O)C(Cc1ccccc1)NC(=O)OC(C)(C)C)C(C)(C)C. The highest BCUT2D eigenvalue weighted by Gasteiger charge is 2.41. The summed E-state index contributed by atoms with van der Waals surface area (Å²) >= 11 is 0. The molecule has 2 N–H and O–H groups in total. The van der Waals surface area contributed by atoms with Gasteiger partial charge in [0, 0.05) is 18.5 Å². The molecule has 0 aliphatic heterocycles. The number of carbonyl (C=O) groups is 3. The van der Waals surface area contributed by atoms with Gasteiger partial charge >= 0.3 is 6.09 Å². The number of amides is 3. The van der Waals surface area contributed by atoms with E-state index >= 15 is 0 Å². The Kier molecular flexibility index (Phi) is 11.4. The standard InChI is InChI=1S/C31H45N3O4/c1-8-9-16-21-32-27(35)26(24-19-14-11-15-20-24)34(30(2,3)4)28(36)25(22-23-17-12-10-13-18-23)33-29(37)38-31(5,6)7/h10-15,17-20,25-26H,8-9,16,21-22H2,1-7H3,(H,32,35)(H,33,37). The van der Waals surface area contributed by atoms with Gasteiger partial charge in [0.1, 0.15) is 17.7 Å². The summed E-state index contributed by atoms with van der Waals surface area (Å²) in [6, 6.07) is 17.0. The second-order valence-electron chi connectivity index (χ2n) is 11.6. The first kappa shape index (κ1) is 30.9. The van der Waals surface area contributed by atoms with Crippen LogP contribution < -0.4 is 10.6 Å². The highest BCUT2D eigenvalue weighted by molar-refractivity contribution is 5.92. The molecule has 7 heteroatoms. The topological polar surface area (TPSA) is 87.7 Å². The van der Waals surface area contributed by atoms with Gasteiger partial charge in [0.25, 0.3) is 0 Å². The van der Waals surface area contributed by atoms with E-state index in [1.54, 1.807) is 25.7 Å². The number of hydrogen-bond donors (Lipinski definition) is 2. The van der Waals surface area contributed by atoms with Gasteiger partial charge in [0.05, 0.1) is 0 Å². The second kappa shape index (κ2) is 14.0. The van der Waals surface area contributed by atoms with E-state index in [1.165, 1.54) is 0 Å². The van der Waals surface area contributed by atoms with E-state index in [9.17, 15) is 14.4 Å². The van der Waals surface area contributed by atoms with Crippen LogP contribution in [0, 0.1) is 0 Å². The molecule has 2 aromatic rings. The summed E-state index contributed by atoms with van der Waals surface area (Å²) in [4.78, 5) is 42.5. The van der Waals surface area contributed by atoms with Crippen molar-refractivity contribution in [3.8, 4) is 0 Å². The van der Waals surface area contributed by atoms with Crippen LogP contribution in [-0.4, -0.2) is 46.5 Å². The molecule has 0 spiro atoms. The molecule has 0 bridgehead atoms. The smallest absolute Gasteiger partial charge is 0.408 e. The summed E-state index contributed by atoms with van der Waals surface area (Å²) in [7, 11) is 0. The number of benzene rings is 2. The van der Waals surface area contributed by atoms with Gasteiger partial charge in [-0.3, -0.25) is 9.59 Å². The van der Waals surface area contributed by atoms with Gasteiger partial charge in [-0.1, -0.05) is 80.4 Å². The number of ether oxygens (including phenoxy) is 1. The van der Waals surface area contributed by atoms with Crippen LogP contribution in [0.3, 0.4) is 0 Å². The number of hydrogen-bond acceptors (Lipinski definition) is 4. The van der Waals surface area contributed by atoms with Gasteiger partial charge in [0.15, 0.2) is 0 Å². The Morgan fingerprint density at radius 3 is 1.97 bits per heavy atom. The summed E-state index contributed by atoms with van der Waals surface area (Å²) in [5, 5.41) is 5.83. The van der Waals surface area contributed by atoms with E-state index in [1.807, 2.05) is 81.4 Å².